The Kier molecular flexibility index (Phi) is 4.50. The SMILES string of the molecule is COC(=O)c1ccc(OCCc2ccccn2)cc1. The number of benzene rings is 1. The van der Waals surface area contributed by atoms with Crippen molar-refractivity contribution in [1.82, 2.24) is 4.98 Å². The molecule has 19 heavy (non-hydrogen) atoms. The minimum absolute atomic E-state index is 0.347. The highest BCUT2D eigenvalue weighted by Gasteiger charge is 2.04. The Balaban J connectivity index is 1.85. The third-order valence-corrected chi connectivity index (χ3v) is 2.63. The zero-order chi connectivity index (χ0) is 13.5. The molecule has 0 aliphatic heterocycles. The summed E-state index contributed by atoms with van der Waals surface area (Å²) < 4.78 is 10.2. The van der Waals surface area contributed by atoms with Crippen LogP contribution in [0.4, 0.5) is 0 Å². The van der Waals surface area contributed by atoms with E-state index < -0.39 is 0 Å². The molecule has 1 heterocycles. The molecule has 4 nitrogen and oxygen atoms in total. The monoisotopic (exact) mass is 257 g/mol. The molecule has 0 amide bonds. The van der Waals surface area contributed by atoms with E-state index >= 15 is 0 Å². The van der Waals surface area contributed by atoms with Crippen LogP contribution in [-0.4, -0.2) is 24.7 Å². The number of carbonyl (C=O) groups is 1. The van der Waals surface area contributed by atoms with Crippen molar-refractivity contribution >= 4 is 5.97 Å². The topological polar surface area (TPSA) is 48.4 Å². The Hall–Kier alpha value is -2.36. The highest BCUT2D eigenvalue weighted by atomic mass is 16.5. The summed E-state index contributed by atoms with van der Waals surface area (Å²) in [4.78, 5) is 15.5. The lowest BCUT2D eigenvalue weighted by molar-refractivity contribution is 0.0600. The van der Waals surface area contributed by atoms with Crippen molar-refractivity contribution in [2.45, 2.75) is 6.42 Å². The van der Waals surface area contributed by atoms with Crippen molar-refractivity contribution in [2.24, 2.45) is 0 Å². The summed E-state index contributed by atoms with van der Waals surface area (Å²) in [5, 5.41) is 0. The molecule has 0 spiro atoms. The van der Waals surface area contributed by atoms with Crippen molar-refractivity contribution in [1.29, 1.82) is 0 Å². The van der Waals surface area contributed by atoms with Crippen LogP contribution in [0.1, 0.15) is 16.1 Å². The average Bonchev–Trinajstić information content (AvgIpc) is 2.48. The van der Waals surface area contributed by atoms with Crippen molar-refractivity contribution in [3.05, 3.63) is 59.9 Å². The van der Waals surface area contributed by atoms with E-state index in [0.29, 0.717) is 12.2 Å². The highest BCUT2D eigenvalue weighted by Crippen LogP contribution is 2.13. The first-order valence-corrected chi connectivity index (χ1v) is 6.00. The van der Waals surface area contributed by atoms with E-state index in [0.717, 1.165) is 17.9 Å². The zero-order valence-corrected chi connectivity index (χ0v) is 10.7. The first kappa shape index (κ1) is 13.1. The standard InChI is InChI=1S/C15H15NO3/c1-18-15(17)12-5-7-14(8-6-12)19-11-9-13-4-2-3-10-16-13/h2-8,10H,9,11H2,1H3. The van der Waals surface area contributed by atoms with Gasteiger partial charge in [-0.3, -0.25) is 4.98 Å². The summed E-state index contributed by atoms with van der Waals surface area (Å²) in [6.45, 7) is 0.550. The van der Waals surface area contributed by atoms with Crippen LogP contribution < -0.4 is 4.74 Å². The average molecular weight is 257 g/mol. The number of ether oxygens (including phenoxy) is 2. The molecule has 0 aliphatic carbocycles. The predicted octanol–water partition coefficient (Wildman–Crippen LogP) is 2.49. The number of hydrogen-bond acceptors (Lipinski definition) is 4. The third kappa shape index (κ3) is 3.81. The number of rotatable bonds is 5. The maximum atomic E-state index is 11.3. The van der Waals surface area contributed by atoms with Gasteiger partial charge in [-0.2, -0.15) is 0 Å². The largest absolute Gasteiger partial charge is 0.493 e. The van der Waals surface area contributed by atoms with Gasteiger partial charge in [0.1, 0.15) is 5.75 Å². The molecule has 2 aromatic rings. The molecule has 0 aliphatic rings. The fraction of sp³-hybridized carbons (Fsp3) is 0.200. The number of hydrogen-bond donors (Lipinski definition) is 0. The van der Waals surface area contributed by atoms with Crippen LogP contribution >= 0.6 is 0 Å². The quantitative estimate of drug-likeness (QED) is 0.772. The van der Waals surface area contributed by atoms with Crippen LogP contribution in [0.25, 0.3) is 0 Å². The van der Waals surface area contributed by atoms with Crippen molar-refractivity contribution in [3.63, 3.8) is 0 Å². The molecule has 0 N–H and O–H groups in total. The van der Waals surface area contributed by atoms with Crippen molar-refractivity contribution < 1.29 is 14.3 Å². The molecule has 0 atom stereocenters. The van der Waals surface area contributed by atoms with E-state index in [-0.39, 0.29) is 5.97 Å². The number of pyridine rings is 1. The molecule has 0 fully saturated rings. The first-order chi connectivity index (χ1) is 9.29. The lowest BCUT2D eigenvalue weighted by Crippen LogP contribution is -2.04. The number of nitrogens with zero attached hydrogens (tertiary/aromatic N) is 1. The first-order valence-electron chi connectivity index (χ1n) is 6.00. The molecular formula is C15H15NO3. The Morgan fingerprint density at radius 2 is 1.95 bits per heavy atom. The Bertz CT molecular complexity index is 523. The summed E-state index contributed by atoms with van der Waals surface area (Å²) >= 11 is 0. The van der Waals surface area contributed by atoms with E-state index in [1.807, 2.05) is 18.2 Å². The molecule has 4 heteroatoms. The van der Waals surface area contributed by atoms with Gasteiger partial charge in [-0.15, -0.1) is 0 Å². The van der Waals surface area contributed by atoms with E-state index in [1.165, 1.54) is 7.11 Å². The van der Waals surface area contributed by atoms with Crippen LogP contribution in [-0.2, 0) is 11.2 Å². The van der Waals surface area contributed by atoms with Crippen molar-refractivity contribution in [3.8, 4) is 5.75 Å². The molecule has 0 unspecified atom stereocenters. The van der Waals surface area contributed by atoms with Crippen LogP contribution in [0.5, 0.6) is 5.75 Å². The normalized spacial score (nSPS) is 9.95. The van der Waals surface area contributed by atoms with Gasteiger partial charge in [0.2, 0.25) is 0 Å². The summed E-state index contributed by atoms with van der Waals surface area (Å²) in [6.07, 6.45) is 2.51. The van der Waals surface area contributed by atoms with Gasteiger partial charge in [-0.05, 0) is 36.4 Å². The molecule has 0 saturated carbocycles. The summed E-state index contributed by atoms with van der Waals surface area (Å²) in [7, 11) is 1.36. The highest BCUT2D eigenvalue weighted by molar-refractivity contribution is 5.89. The Morgan fingerprint density at radius 3 is 2.58 bits per heavy atom. The second-order valence-electron chi connectivity index (χ2n) is 3.94. The third-order valence-electron chi connectivity index (χ3n) is 2.63. The van der Waals surface area contributed by atoms with Gasteiger partial charge >= 0.3 is 5.97 Å². The van der Waals surface area contributed by atoms with Gasteiger partial charge in [0.05, 0.1) is 19.3 Å². The van der Waals surface area contributed by atoms with E-state index in [4.69, 9.17) is 4.74 Å². The van der Waals surface area contributed by atoms with Gasteiger partial charge in [0.25, 0.3) is 0 Å². The molecular weight excluding hydrogens is 242 g/mol. The number of methoxy groups -OCH3 is 1. The summed E-state index contributed by atoms with van der Waals surface area (Å²) in [5.74, 6) is 0.378. The lowest BCUT2D eigenvalue weighted by atomic mass is 10.2. The fourth-order valence-electron chi connectivity index (χ4n) is 1.62. The Morgan fingerprint density at radius 1 is 1.16 bits per heavy atom. The zero-order valence-electron chi connectivity index (χ0n) is 10.7. The molecule has 2 rings (SSSR count). The minimum atomic E-state index is -0.347. The van der Waals surface area contributed by atoms with Gasteiger partial charge in [0, 0.05) is 18.3 Å². The van der Waals surface area contributed by atoms with Crippen LogP contribution in [0, 0.1) is 0 Å². The van der Waals surface area contributed by atoms with E-state index in [9.17, 15) is 4.79 Å². The fourth-order valence-corrected chi connectivity index (χ4v) is 1.62. The maximum Gasteiger partial charge on any atom is 0.337 e. The van der Waals surface area contributed by atoms with Crippen molar-refractivity contribution in [2.75, 3.05) is 13.7 Å². The molecule has 0 radical (unpaired) electrons. The van der Waals surface area contributed by atoms with E-state index in [2.05, 4.69) is 9.72 Å². The van der Waals surface area contributed by atoms with Crippen LogP contribution in [0.3, 0.4) is 0 Å². The number of aromatic nitrogens is 1. The summed E-state index contributed by atoms with van der Waals surface area (Å²) in [6, 6.07) is 12.7. The number of esters is 1. The molecule has 1 aromatic heterocycles. The molecule has 98 valence electrons. The molecule has 0 saturated heterocycles. The Labute approximate surface area is 112 Å². The molecule has 1 aromatic carbocycles. The van der Waals surface area contributed by atoms with Crippen LogP contribution in [0.2, 0.25) is 0 Å². The second kappa shape index (κ2) is 6.54. The van der Waals surface area contributed by atoms with Gasteiger partial charge in [0.15, 0.2) is 0 Å². The van der Waals surface area contributed by atoms with Gasteiger partial charge in [-0.25, -0.2) is 4.79 Å². The van der Waals surface area contributed by atoms with E-state index in [1.54, 1.807) is 30.5 Å². The lowest BCUT2D eigenvalue weighted by Gasteiger charge is -2.06. The smallest absolute Gasteiger partial charge is 0.337 e. The summed E-state index contributed by atoms with van der Waals surface area (Å²) in [5.41, 5.74) is 1.51. The maximum absolute atomic E-state index is 11.3. The van der Waals surface area contributed by atoms with Gasteiger partial charge in [-0.1, -0.05) is 6.07 Å². The van der Waals surface area contributed by atoms with Gasteiger partial charge < -0.3 is 9.47 Å². The second-order valence-corrected chi connectivity index (χ2v) is 3.94. The molecule has 0 bridgehead atoms. The predicted molar refractivity (Wildman–Crippen MR) is 71.2 cm³/mol. The number of carbonyl (C=O) groups excluding carboxylic acids is 1. The minimum Gasteiger partial charge on any atom is -0.493 e. The van der Waals surface area contributed by atoms with Crippen LogP contribution in [0.15, 0.2) is 48.7 Å².